The topological polar surface area (TPSA) is 38.7 Å². The van der Waals surface area contributed by atoms with Gasteiger partial charge in [-0.05, 0) is 12.1 Å². The molecule has 0 aliphatic carbocycles. The first-order chi connectivity index (χ1) is 9.92. The molecule has 0 unspecified atom stereocenters. The molecule has 3 nitrogen and oxygen atoms in total. The molecule has 0 fully saturated rings. The van der Waals surface area contributed by atoms with Crippen LogP contribution in [0.5, 0.6) is 0 Å². The molecule has 0 aliphatic rings. The molecule has 0 aliphatic heterocycles. The second-order valence-electron chi connectivity index (χ2n) is 4.67. The zero-order chi connectivity index (χ0) is 13.4. The average molecular weight is 257 g/mol. The molecule has 0 atom stereocenters. The van der Waals surface area contributed by atoms with Gasteiger partial charge in [0.2, 0.25) is 0 Å². The summed E-state index contributed by atoms with van der Waals surface area (Å²) in [7, 11) is 0. The van der Waals surface area contributed by atoms with E-state index in [0.29, 0.717) is 0 Å². The van der Waals surface area contributed by atoms with Crippen LogP contribution >= 0.6 is 0 Å². The van der Waals surface area contributed by atoms with Crippen molar-refractivity contribution in [3.8, 4) is 11.4 Å². The zero-order valence-corrected chi connectivity index (χ0v) is 10.7. The van der Waals surface area contributed by atoms with Crippen molar-refractivity contribution in [3.63, 3.8) is 0 Å². The zero-order valence-electron chi connectivity index (χ0n) is 10.7. The van der Waals surface area contributed by atoms with Gasteiger partial charge in [-0.15, -0.1) is 5.10 Å². The number of hydrogen-bond acceptors (Lipinski definition) is 3. The molecule has 2 aromatic heterocycles. The molecule has 2 aromatic carbocycles. The van der Waals surface area contributed by atoms with Crippen molar-refractivity contribution >= 4 is 21.7 Å². The van der Waals surface area contributed by atoms with Gasteiger partial charge in [0.15, 0.2) is 0 Å². The summed E-state index contributed by atoms with van der Waals surface area (Å²) in [5.41, 5.74) is 2.65. The molecule has 2 heterocycles. The molecule has 0 saturated heterocycles. The Hall–Kier alpha value is -2.81. The van der Waals surface area contributed by atoms with Gasteiger partial charge in [0, 0.05) is 16.2 Å². The number of aromatic nitrogens is 3. The Labute approximate surface area is 115 Å². The van der Waals surface area contributed by atoms with E-state index < -0.39 is 0 Å². The predicted molar refractivity (Wildman–Crippen MR) is 80.3 cm³/mol. The van der Waals surface area contributed by atoms with Gasteiger partial charge in [0.25, 0.3) is 0 Å². The minimum absolute atomic E-state index is 0.828. The van der Waals surface area contributed by atoms with Crippen LogP contribution in [0.25, 0.3) is 33.1 Å². The first-order valence-electron chi connectivity index (χ1n) is 6.48. The second kappa shape index (κ2) is 4.38. The van der Waals surface area contributed by atoms with E-state index in [-0.39, 0.29) is 0 Å². The van der Waals surface area contributed by atoms with Gasteiger partial charge in [-0.25, -0.2) is 4.98 Å². The average Bonchev–Trinajstić information content (AvgIpc) is 2.54. The summed E-state index contributed by atoms with van der Waals surface area (Å²) in [5, 5.41) is 11.6. The van der Waals surface area contributed by atoms with Crippen molar-refractivity contribution in [2.75, 3.05) is 0 Å². The van der Waals surface area contributed by atoms with Gasteiger partial charge < -0.3 is 0 Å². The standard InChI is InChI=1S/C17H11N3/c1-3-7-14-13(6-1)11-18-20-17(14)16-10-9-12-5-2-4-8-15(12)19-16/h1-11H. The number of hydrogen-bond donors (Lipinski definition) is 0. The van der Waals surface area contributed by atoms with Crippen molar-refractivity contribution in [1.29, 1.82) is 0 Å². The highest BCUT2D eigenvalue weighted by molar-refractivity contribution is 5.94. The maximum atomic E-state index is 4.69. The molecule has 0 saturated carbocycles. The van der Waals surface area contributed by atoms with Crippen LogP contribution in [0.4, 0.5) is 0 Å². The third-order valence-corrected chi connectivity index (χ3v) is 3.41. The number of nitrogens with zero attached hydrogens (tertiary/aromatic N) is 3. The first-order valence-corrected chi connectivity index (χ1v) is 6.48. The molecule has 20 heavy (non-hydrogen) atoms. The van der Waals surface area contributed by atoms with Crippen molar-refractivity contribution in [1.82, 2.24) is 15.2 Å². The minimum Gasteiger partial charge on any atom is -0.246 e. The third kappa shape index (κ3) is 1.72. The van der Waals surface area contributed by atoms with Gasteiger partial charge in [-0.1, -0.05) is 48.5 Å². The van der Waals surface area contributed by atoms with Crippen LogP contribution < -0.4 is 0 Å². The van der Waals surface area contributed by atoms with Crippen LogP contribution in [-0.4, -0.2) is 15.2 Å². The Balaban J connectivity index is 2.01. The van der Waals surface area contributed by atoms with Crippen LogP contribution in [0.1, 0.15) is 0 Å². The van der Waals surface area contributed by atoms with Crippen molar-refractivity contribution in [2.24, 2.45) is 0 Å². The molecule has 0 radical (unpaired) electrons. The molecular weight excluding hydrogens is 246 g/mol. The van der Waals surface area contributed by atoms with Gasteiger partial charge >= 0.3 is 0 Å². The molecule has 4 aromatic rings. The normalized spacial score (nSPS) is 11.0. The Morgan fingerprint density at radius 1 is 0.700 bits per heavy atom. The number of rotatable bonds is 1. The fourth-order valence-electron chi connectivity index (χ4n) is 2.42. The highest BCUT2D eigenvalue weighted by Crippen LogP contribution is 2.25. The molecular formula is C17H11N3. The van der Waals surface area contributed by atoms with Crippen molar-refractivity contribution in [2.45, 2.75) is 0 Å². The summed E-state index contributed by atoms with van der Waals surface area (Å²) < 4.78 is 0. The lowest BCUT2D eigenvalue weighted by Crippen LogP contribution is -1.92. The number of fused-ring (bicyclic) bond motifs is 2. The van der Waals surface area contributed by atoms with Crippen LogP contribution in [0.2, 0.25) is 0 Å². The number of benzene rings is 2. The molecule has 4 rings (SSSR count). The van der Waals surface area contributed by atoms with E-state index in [0.717, 1.165) is 33.1 Å². The molecule has 0 spiro atoms. The Bertz CT molecular complexity index is 910. The maximum Gasteiger partial charge on any atom is 0.119 e. The summed E-state index contributed by atoms with van der Waals surface area (Å²) in [6.45, 7) is 0. The van der Waals surface area contributed by atoms with E-state index in [4.69, 9.17) is 4.98 Å². The van der Waals surface area contributed by atoms with E-state index in [1.54, 1.807) is 6.20 Å². The van der Waals surface area contributed by atoms with Crippen LogP contribution in [-0.2, 0) is 0 Å². The summed E-state index contributed by atoms with van der Waals surface area (Å²) in [5.74, 6) is 0. The summed E-state index contributed by atoms with van der Waals surface area (Å²) >= 11 is 0. The van der Waals surface area contributed by atoms with Crippen LogP contribution in [0, 0.1) is 0 Å². The lowest BCUT2D eigenvalue weighted by molar-refractivity contribution is 1.05. The molecule has 0 amide bonds. The smallest absolute Gasteiger partial charge is 0.119 e. The summed E-state index contributed by atoms with van der Waals surface area (Å²) in [4.78, 5) is 4.69. The van der Waals surface area contributed by atoms with E-state index in [2.05, 4.69) is 28.4 Å². The van der Waals surface area contributed by atoms with Crippen molar-refractivity contribution < 1.29 is 0 Å². The third-order valence-electron chi connectivity index (χ3n) is 3.41. The Morgan fingerprint density at radius 3 is 2.45 bits per heavy atom. The van der Waals surface area contributed by atoms with E-state index in [1.165, 1.54) is 0 Å². The first kappa shape index (κ1) is 11.1. The van der Waals surface area contributed by atoms with Gasteiger partial charge in [-0.3, -0.25) is 0 Å². The number of pyridine rings is 1. The highest BCUT2D eigenvalue weighted by Gasteiger charge is 2.07. The van der Waals surface area contributed by atoms with Gasteiger partial charge in [0.1, 0.15) is 5.69 Å². The molecule has 0 N–H and O–H groups in total. The van der Waals surface area contributed by atoms with E-state index >= 15 is 0 Å². The fourth-order valence-corrected chi connectivity index (χ4v) is 2.42. The summed E-state index contributed by atoms with van der Waals surface area (Å²) in [6.07, 6.45) is 1.78. The molecule has 3 heteroatoms. The lowest BCUT2D eigenvalue weighted by atomic mass is 10.1. The fraction of sp³-hybridized carbons (Fsp3) is 0. The van der Waals surface area contributed by atoms with Crippen LogP contribution in [0.3, 0.4) is 0 Å². The largest absolute Gasteiger partial charge is 0.246 e. The quantitative estimate of drug-likeness (QED) is 0.520. The SMILES string of the molecule is c1ccc2nc(-c3nncc4ccccc34)ccc2c1. The van der Waals surface area contributed by atoms with E-state index in [1.807, 2.05) is 42.5 Å². The Morgan fingerprint density at radius 2 is 1.50 bits per heavy atom. The Kier molecular flexibility index (Phi) is 2.42. The highest BCUT2D eigenvalue weighted by atomic mass is 15.1. The second-order valence-corrected chi connectivity index (χ2v) is 4.67. The van der Waals surface area contributed by atoms with Gasteiger partial charge in [-0.2, -0.15) is 5.10 Å². The summed E-state index contributed by atoms with van der Waals surface area (Å²) in [6, 6.07) is 20.2. The van der Waals surface area contributed by atoms with Gasteiger partial charge in [0.05, 0.1) is 17.4 Å². The monoisotopic (exact) mass is 257 g/mol. The maximum absolute atomic E-state index is 4.69. The van der Waals surface area contributed by atoms with Crippen molar-refractivity contribution in [3.05, 3.63) is 66.9 Å². The molecule has 94 valence electrons. The van der Waals surface area contributed by atoms with E-state index in [9.17, 15) is 0 Å². The lowest BCUT2D eigenvalue weighted by Gasteiger charge is -2.05. The van der Waals surface area contributed by atoms with Crippen LogP contribution in [0.15, 0.2) is 66.9 Å². The minimum atomic E-state index is 0.828. The molecule has 0 bridgehead atoms. The number of para-hydroxylation sites is 1. The predicted octanol–water partition coefficient (Wildman–Crippen LogP) is 3.85.